The second-order valence-electron chi connectivity index (χ2n) is 3.89. The van der Waals surface area contributed by atoms with Gasteiger partial charge in [0.25, 0.3) is 5.91 Å². The van der Waals surface area contributed by atoms with E-state index in [4.69, 9.17) is 0 Å². The number of ketones is 1. The highest BCUT2D eigenvalue weighted by Crippen LogP contribution is 2.21. The predicted octanol–water partition coefficient (Wildman–Crippen LogP) is -0.506. The average molecular weight is 214 g/mol. The summed E-state index contributed by atoms with van der Waals surface area (Å²) in [4.78, 5) is 24.0. The lowest BCUT2D eigenvalue weighted by molar-refractivity contribution is -0.144. The van der Waals surface area contributed by atoms with Crippen molar-refractivity contribution in [3.63, 3.8) is 0 Å². The number of hydrogen-bond donors (Lipinski definition) is 2. The molecule has 5 heteroatoms. The summed E-state index contributed by atoms with van der Waals surface area (Å²) in [6, 6.07) is -0.0103. The molecule has 2 atom stereocenters. The first-order valence-electron chi connectivity index (χ1n) is 5.23. The molecule has 1 rings (SSSR count). The second kappa shape index (κ2) is 5.23. The molecule has 1 amide bonds. The smallest absolute Gasteiger partial charge is 0.289 e. The van der Waals surface area contributed by atoms with Gasteiger partial charge in [0, 0.05) is 25.9 Å². The maximum absolute atomic E-state index is 11.5. The van der Waals surface area contributed by atoms with Crippen LogP contribution in [0.25, 0.3) is 0 Å². The van der Waals surface area contributed by atoms with Gasteiger partial charge >= 0.3 is 0 Å². The first-order valence-corrected chi connectivity index (χ1v) is 5.23. The lowest BCUT2D eigenvalue weighted by Gasteiger charge is -2.25. The Morgan fingerprint density at radius 3 is 2.80 bits per heavy atom. The highest BCUT2D eigenvalue weighted by Gasteiger charge is 2.31. The summed E-state index contributed by atoms with van der Waals surface area (Å²) in [7, 11) is 1.66. The highest BCUT2D eigenvalue weighted by atomic mass is 16.3. The Morgan fingerprint density at radius 1 is 1.60 bits per heavy atom. The van der Waals surface area contributed by atoms with Crippen LogP contribution < -0.4 is 5.32 Å². The van der Waals surface area contributed by atoms with Crippen LogP contribution >= 0.6 is 0 Å². The van der Waals surface area contributed by atoms with Gasteiger partial charge in [0.15, 0.2) is 0 Å². The fourth-order valence-corrected chi connectivity index (χ4v) is 1.93. The summed E-state index contributed by atoms with van der Waals surface area (Å²) in [5.41, 5.74) is 0. The van der Waals surface area contributed by atoms with E-state index in [1.54, 1.807) is 11.9 Å². The van der Waals surface area contributed by atoms with Crippen LogP contribution in [-0.2, 0) is 9.59 Å². The number of carbonyl (C=O) groups is 2. The summed E-state index contributed by atoms with van der Waals surface area (Å²) in [5, 5.41) is 12.1. The van der Waals surface area contributed by atoms with Crippen LogP contribution in [0.5, 0.6) is 0 Å². The number of nitrogens with one attached hydrogen (secondary N) is 1. The first kappa shape index (κ1) is 12.1. The minimum absolute atomic E-state index is 0.0103. The Balaban J connectivity index is 2.57. The predicted molar refractivity (Wildman–Crippen MR) is 55.1 cm³/mol. The molecular weight excluding hydrogens is 196 g/mol. The van der Waals surface area contributed by atoms with Gasteiger partial charge in [0.1, 0.15) is 6.23 Å². The van der Waals surface area contributed by atoms with Gasteiger partial charge in [-0.1, -0.05) is 0 Å². The topological polar surface area (TPSA) is 69.6 Å². The van der Waals surface area contributed by atoms with Gasteiger partial charge in [-0.3, -0.25) is 14.9 Å². The molecular formula is C10H18N2O3. The van der Waals surface area contributed by atoms with Gasteiger partial charge in [-0.25, -0.2) is 0 Å². The van der Waals surface area contributed by atoms with E-state index in [9.17, 15) is 14.7 Å². The molecule has 0 spiro atoms. The lowest BCUT2D eigenvalue weighted by Crippen LogP contribution is -2.42. The van der Waals surface area contributed by atoms with Crippen LogP contribution in [0.4, 0.5) is 0 Å². The normalized spacial score (nSPS) is 22.9. The van der Waals surface area contributed by atoms with Crippen molar-refractivity contribution in [1.29, 1.82) is 0 Å². The van der Waals surface area contributed by atoms with Crippen LogP contribution in [-0.4, -0.2) is 47.6 Å². The van der Waals surface area contributed by atoms with Crippen molar-refractivity contribution in [3.8, 4) is 0 Å². The fourth-order valence-electron chi connectivity index (χ4n) is 1.93. The minimum Gasteiger partial charge on any atom is -0.379 e. The SMILES string of the molecule is CNC(O)C[C@@H]1CCCN1C(=O)C(C)=O. The average Bonchev–Trinajstić information content (AvgIpc) is 2.64. The van der Waals surface area contributed by atoms with Crippen molar-refractivity contribution < 1.29 is 14.7 Å². The van der Waals surface area contributed by atoms with E-state index in [1.165, 1.54) is 6.92 Å². The summed E-state index contributed by atoms with van der Waals surface area (Å²) >= 11 is 0. The Kier molecular flexibility index (Phi) is 4.23. The maximum Gasteiger partial charge on any atom is 0.289 e. The Morgan fingerprint density at radius 2 is 2.27 bits per heavy atom. The number of hydrogen-bond acceptors (Lipinski definition) is 4. The molecule has 2 N–H and O–H groups in total. The van der Waals surface area contributed by atoms with Crippen LogP contribution in [0.3, 0.4) is 0 Å². The molecule has 1 saturated heterocycles. The van der Waals surface area contributed by atoms with Crippen molar-refractivity contribution in [2.45, 2.75) is 38.5 Å². The number of Topliss-reactive ketones (excluding diaryl/α,β-unsaturated/α-hetero) is 1. The number of carbonyl (C=O) groups excluding carboxylic acids is 2. The largest absolute Gasteiger partial charge is 0.379 e. The van der Waals surface area contributed by atoms with Gasteiger partial charge in [0.05, 0.1) is 0 Å². The molecule has 5 nitrogen and oxygen atoms in total. The molecule has 1 aliphatic heterocycles. The number of nitrogens with zero attached hydrogens (tertiary/aromatic N) is 1. The summed E-state index contributed by atoms with van der Waals surface area (Å²) in [6.07, 6.45) is 1.63. The number of likely N-dealkylation sites (tertiary alicyclic amines) is 1. The summed E-state index contributed by atoms with van der Waals surface area (Å²) in [6.45, 7) is 1.91. The monoisotopic (exact) mass is 214 g/mol. The number of aliphatic hydroxyl groups is 1. The van der Waals surface area contributed by atoms with Gasteiger partial charge in [-0.05, 0) is 19.9 Å². The zero-order valence-corrected chi connectivity index (χ0v) is 9.19. The molecule has 0 aliphatic carbocycles. The first-order chi connectivity index (χ1) is 7.06. The van der Waals surface area contributed by atoms with Gasteiger partial charge in [-0.2, -0.15) is 0 Å². The zero-order chi connectivity index (χ0) is 11.4. The van der Waals surface area contributed by atoms with Crippen LogP contribution in [0.2, 0.25) is 0 Å². The van der Waals surface area contributed by atoms with E-state index in [1.807, 2.05) is 0 Å². The minimum atomic E-state index is -0.615. The molecule has 0 aromatic heterocycles. The molecule has 86 valence electrons. The number of rotatable bonds is 4. The second-order valence-corrected chi connectivity index (χ2v) is 3.89. The van der Waals surface area contributed by atoms with Crippen molar-refractivity contribution in [1.82, 2.24) is 10.2 Å². The highest BCUT2D eigenvalue weighted by molar-refractivity contribution is 6.35. The molecule has 0 saturated carbocycles. The Labute approximate surface area is 89.4 Å². The Hall–Kier alpha value is -0.940. The number of aliphatic hydroxyl groups excluding tert-OH is 1. The molecule has 0 aromatic carbocycles. The molecule has 0 aromatic rings. The summed E-state index contributed by atoms with van der Waals surface area (Å²) < 4.78 is 0. The van der Waals surface area contributed by atoms with Crippen molar-refractivity contribution in [2.24, 2.45) is 0 Å². The van der Waals surface area contributed by atoms with Crippen molar-refractivity contribution >= 4 is 11.7 Å². The van der Waals surface area contributed by atoms with E-state index < -0.39 is 17.9 Å². The third-order valence-corrected chi connectivity index (χ3v) is 2.77. The van der Waals surface area contributed by atoms with E-state index >= 15 is 0 Å². The molecule has 1 aliphatic rings. The fraction of sp³-hybridized carbons (Fsp3) is 0.800. The van der Waals surface area contributed by atoms with E-state index in [2.05, 4.69) is 5.32 Å². The molecule has 1 heterocycles. The maximum atomic E-state index is 11.5. The van der Waals surface area contributed by atoms with Gasteiger partial charge in [0.2, 0.25) is 5.78 Å². The molecule has 1 unspecified atom stereocenters. The van der Waals surface area contributed by atoms with E-state index in [0.29, 0.717) is 13.0 Å². The van der Waals surface area contributed by atoms with Crippen molar-refractivity contribution in [3.05, 3.63) is 0 Å². The lowest BCUT2D eigenvalue weighted by atomic mass is 10.1. The van der Waals surface area contributed by atoms with Crippen LogP contribution in [0.1, 0.15) is 26.2 Å². The Bertz CT molecular complexity index is 255. The quantitative estimate of drug-likeness (QED) is 0.488. The third-order valence-electron chi connectivity index (χ3n) is 2.77. The molecule has 0 bridgehead atoms. The number of amides is 1. The van der Waals surface area contributed by atoms with Crippen LogP contribution in [0.15, 0.2) is 0 Å². The standard InChI is InChI=1S/C10H18N2O3/c1-7(13)10(15)12-5-3-4-8(12)6-9(14)11-2/h8-9,11,14H,3-6H2,1-2H3/t8-,9?/m0/s1. The molecule has 15 heavy (non-hydrogen) atoms. The van der Waals surface area contributed by atoms with E-state index in [0.717, 1.165) is 12.8 Å². The summed E-state index contributed by atoms with van der Waals surface area (Å²) in [5.74, 6) is -0.860. The van der Waals surface area contributed by atoms with E-state index in [-0.39, 0.29) is 6.04 Å². The molecule has 0 radical (unpaired) electrons. The molecule has 1 fully saturated rings. The van der Waals surface area contributed by atoms with Gasteiger partial charge < -0.3 is 10.0 Å². The van der Waals surface area contributed by atoms with Gasteiger partial charge in [-0.15, -0.1) is 0 Å². The zero-order valence-electron chi connectivity index (χ0n) is 9.19. The van der Waals surface area contributed by atoms with Crippen molar-refractivity contribution in [2.75, 3.05) is 13.6 Å². The third kappa shape index (κ3) is 3.00. The van der Waals surface area contributed by atoms with Crippen LogP contribution in [0, 0.1) is 0 Å².